The van der Waals surface area contributed by atoms with E-state index in [1.165, 1.54) is 0 Å². The molecular weight excluding hydrogens is 421 g/mol. The summed E-state index contributed by atoms with van der Waals surface area (Å²) in [4.78, 5) is 13.5. The van der Waals surface area contributed by atoms with Crippen LogP contribution in [0, 0.1) is 17.5 Å². The van der Waals surface area contributed by atoms with E-state index in [0.29, 0.717) is 29.2 Å². The average molecular weight is 446 g/mol. The normalized spacial score (nSPS) is 21.9. The van der Waals surface area contributed by atoms with Gasteiger partial charge >= 0.3 is 0 Å². The second-order valence-electron chi connectivity index (χ2n) is 8.67. The Morgan fingerprint density at radius 2 is 1.62 bits per heavy atom. The fourth-order valence-electron chi connectivity index (χ4n) is 4.73. The number of nitrogens with zero attached hydrogens (tertiary/aromatic N) is 4. The van der Waals surface area contributed by atoms with E-state index >= 15 is 0 Å². The number of rotatable bonds is 5. The van der Waals surface area contributed by atoms with Crippen molar-refractivity contribution in [1.29, 1.82) is 0 Å². The number of aliphatic hydroxyl groups is 1. The summed E-state index contributed by atoms with van der Waals surface area (Å²) in [5, 5.41) is 15.8. The Morgan fingerprint density at radius 3 is 2.31 bits per heavy atom. The molecule has 3 N–H and O–H groups in total. The summed E-state index contributed by atoms with van der Waals surface area (Å²) in [7, 11) is 0. The topological polar surface area (TPSA) is 87.9 Å². The number of halogens is 3. The fourth-order valence-corrected chi connectivity index (χ4v) is 4.73. The first-order valence-corrected chi connectivity index (χ1v) is 11.1. The predicted octanol–water partition coefficient (Wildman–Crippen LogP) is 4.82. The number of aromatic nitrogens is 4. The highest BCUT2D eigenvalue weighted by Gasteiger charge is 2.26. The van der Waals surface area contributed by atoms with Crippen molar-refractivity contribution in [2.45, 2.75) is 69.6 Å². The number of aliphatic hydroxyl groups excluding tert-OH is 1. The van der Waals surface area contributed by atoms with Crippen molar-refractivity contribution in [3.63, 3.8) is 0 Å². The molecule has 0 bridgehead atoms. The van der Waals surface area contributed by atoms with E-state index in [-0.39, 0.29) is 24.1 Å². The maximum Gasteiger partial charge on any atom is 0.224 e. The number of anilines is 3. The fraction of sp³-hybridized carbons (Fsp3) is 0.500. The molecule has 7 nitrogen and oxygen atoms in total. The van der Waals surface area contributed by atoms with Crippen LogP contribution in [0.5, 0.6) is 0 Å². The molecule has 3 aromatic rings. The third-order valence-corrected chi connectivity index (χ3v) is 6.40. The van der Waals surface area contributed by atoms with Gasteiger partial charge in [0.2, 0.25) is 11.9 Å². The van der Waals surface area contributed by atoms with Crippen molar-refractivity contribution < 1.29 is 18.3 Å². The highest BCUT2D eigenvalue weighted by atomic mass is 19.1. The van der Waals surface area contributed by atoms with Crippen LogP contribution in [0.1, 0.15) is 57.4 Å². The molecule has 0 saturated heterocycles. The van der Waals surface area contributed by atoms with Crippen LogP contribution in [0.4, 0.5) is 30.8 Å². The standard InChI is InChI=1S/C22H25F3N6O/c23-12-9-16(24)19(17(25)10-12)29-22-28-18-11-26-21(27-13-5-7-15(32)8-6-13)30-20(18)31(22)14-3-1-2-4-14/h9-11,13-15,32H,1-8H2,(H,28,29)(H,26,27,30)/t13-,15-. The van der Waals surface area contributed by atoms with Gasteiger partial charge in [-0.3, -0.25) is 4.57 Å². The maximum absolute atomic E-state index is 14.3. The molecule has 0 aliphatic heterocycles. The number of imidazole rings is 1. The second kappa shape index (κ2) is 8.57. The van der Waals surface area contributed by atoms with Gasteiger partial charge in [-0.15, -0.1) is 0 Å². The number of nitrogens with one attached hydrogen (secondary N) is 2. The molecule has 0 spiro atoms. The smallest absolute Gasteiger partial charge is 0.224 e. The molecule has 0 radical (unpaired) electrons. The zero-order chi connectivity index (χ0) is 22.2. The van der Waals surface area contributed by atoms with Crippen LogP contribution >= 0.6 is 0 Å². The van der Waals surface area contributed by atoms with Gasteiger partial charge in [-0.1, -0.05) is 12.8 Å². The van der Waals surface area contributed by atoms with Gasteiger partial charge in [0.25, 0.3) is 0 Å². The summed E-state index contributed by atoms with van der Waals surface area (Å²) in [5.41, 5.74) is 0.635. The SMILES string of the molecule is O[C@H]1CC[C@H](Nc2ncc3nc(Nc4c(F)cc(F)cc4F)n(C4CCCC4)c3n2)CC1. The largest absolute Gasteiger partial charge is 0.393 e. The summed E-state index contributed by atoms with van der Waals surface area (Å²) < 4.78 is 43.8. The Balaban J connectivity index is 1.51. The van der Waals surface area contributed by atoms with Gasteiger partial charge in [-0.25, -0.2) is 23.1 Å². The summed E-state index contributed by atoms with van der Waals surface area (Å²) in [5.74, 6) is -2.32. The number of hydrogen-bond acceptors (Lipinski definition) is 6. The Morgan fingerprint density at radius 1 is 0.938 bits per heavy atom. The van der Waals surface area contributed by atoms with Gasteiger partial charge in [-0.05, 0) is 38.5 Å². The third-order valence-electron chi connectivity index (χ3n) is 6.40. The van der Waals surface area contributed by atoms with Gasteiger partial charge in [0.1, 0.15) is 17.0 Å². The lowest BCUT2D eigenvalue weighted by Gasteiger charge is -2.26. The second-order valence-corrected chi connectivity index (χ2v) is 8.67. The van der Waals surface area contributed by atoms with Crippen LogP contribution in [0.25, 0.3) is 11.2 Å². The van der Waals surface area contributed by atoms with Crippen LogP contribution < -0.4 is 10.6 Å². The van der Waals surface area contributed by atoms with Gasteiger partial charge < -0.3 is 15.7 Å². The molecule has 170 valence electrons. The number of benzene rings is 1. The molecule has 2 heterocycles. The monoisotopic (exact) mass is 446 g/mol. The first-order chi connectivity index (χ1) is 15.5. The minimum atomic E-state index is -1.03. The van der Waals surface area contributed by atoms with E-state index < -0.39 is 23.1 Å². The van der Waals surface area contributed by atoms with Crippen molar-refractivity contribution in [2.24, 2.45) is 0 Å². The molecule has 2 aliphatic rings. The van der Waals surface area contributed by atoms with E-state index in [4.69, 9.17) is 0 Å². The first kappa shape index (κ1) is 21.0. The van der Waals surface area contributed by atoms with Crippen molar-refractivity contribution in [1.82, 2.24) is 19.5 Å². The van der Waals surface area contributed by atoms with Crippen LogP contribution in [-0.2, 0) is 0 Å². The van der Waals surface area contributed by atoms with Gasteiger partial charge in [0.05, 0.1) is 12.3 Å². The Hall–Kier alpha value is -2.88. The lowest BCUT2D eigenvalue weighted by Crippen LogP contribution is -2.29. The quantitative estimate of drug-likeness (QED) is 0.521. The summed E-state index contributed by atoms with van der Waals surface area (Å²) in [6, 6.07) is 1.54. The summed E-state index contributed by atoms with van der Waals surface area (Å²) in [6.45, 7) is 0. The Bertz CT molecular complexity index is 1100. The molecule has 0 atom stereocenters. The molecule has 2 aliphatic carbocycles. The summed E-state index contributed by atoms with van der Waals surface area (Å²) >= 11 is 0. The van der Waals surface area contributed by atoms with E-state index in [9.17, 15) is 18.3 Å². The van der Waals surface area contributed by atoms with Crippen LogP contribution in [-0.4, -0.2) is 36.8 Å². The minimum absolute atomic E-state index is 0.0849. The van der Waals surface area contributed by atoms with Gasteiger partial charge in [0, 0.05) is 24.2 Å². The average Bonchev–Trinajstić information content (AvgIpc) is 3.39. The molecule has 2 aromatic heterocycles. The lowest BCUT2D eigenvalue weighted by molar-refractivity contribution is 0.126. The molecule has 5 rings (SSSR count). The Labute approximate surface area is 183 Å². The van der Waals surface area contributed by atoms with Crippen molar-refractivity contribution in [3.8, 4) is 0 Å². The molecule has 2 fully saturated rings. The number of hydrogen-bond donors (Lipinski definition) is 3. The molecule has 32 heavy (non-hydrogen) atoms. The van der Waals surface area contributed by atoms with Crippen LogP contribution in [0.15, 0.2) is 18.3 Å². The maximum atomic E-state index is 14.3. The van der Waals surface area contributed by atoms with Crippen molar-refractivity contribution >= 4 is 28.7 Å². The first-order valence-electron chi connectivity index (χ1n) is 11.1. The van der Waals surface area contributed by atoms with E-state index in [1.54, 1.807) is 6.20 Å². The molecular formula is C22H25F3N6O. The molecule has 10 heteroatoms. The van der Waals surface area contributed by atoms with Crippen LogP contribution in [0.3, 0.4) is 0 Å². The number of fused-ring (bicyclic) bond motifs is 1. The highest BCUT2D eigenvalue weighted by molar-refractivity contribution is 5.76. The van der Waals surface area contributed by atoms with E-state index in [0.717, 1.165) is 51.4 Å². The lowest BCUT2D eigenvalue weighted by atomic mass is 9.93. The third kappa shape index (κ3) is 4.11. The van der Waals surface area contributed by atoms with Crippen molar-refractivity contribution in [3.05, 3.63) is 35.8 Å². The molecule has 2 saturated carbocycles. The van der Waals surface area contributed by atoms with E-state index in [2.05, 4.69) is 25.6 Å². The zero-order valence-corrected chi connectivity index (χ0v) is 17.5. The Kier molecular flexibility index (Phi) is 5.62. The summed E-state index contributed by atoms with van der Waals surface area (Å²) in [6.07, 6.45) is 8.39. The van der Waals surface area contributed by atoms with Crippen molar-refractivity contribution in [2.75, 3.05) is 10.6 Å². The zero-order valence-electron chi connectivity index (χ0n) is 17.5. The van der Waals surface area contributed by atoms with Gasteiger partial charge in [0.15, 0.2) is 17.3 Å². The minimum Gasteiger partial charge on any atom is -0.393 e. The van der Waals surface area contributed by atoms with Gasteiger partial charge in [-0.2, -0.15) is 4.98 Å². The molecule has 0 amide bonds. The van der Waals surface area contributed by atoms with Crippen LogP contribution in [0.2, 0.25) is 0 Å². The van der Waals surface area contributed by atoms with E-state index in [1.807, 2.05) is 4.57 Å². The molecule has 0 unspecified atom stereocenters. The molecule has 1 aromatic carbocycles. The highest BCUT2D eigenvalue weighted by Crippen LogP contribution is 2.36. The predicted molar refractivity (Wildman–Crippen MR) is 114 cm³/mol.